The van der Waals surface area contributed by atoms with Crippen molar-refractivity contribution in [1.82, 2.24) is 0 Å². The summed E-state index contributed by atoms with van der Waals surface area (Å²) in [6, 6.07) is 4.22. The molecule has 0 radical (unpaired) electrons. The zero-order chi connectivity index (χ0) is 14.0. The highest BCUT2D eigenvalue weighted by molar-refractivity contribution is 5.99. The molecular formula is C13H17N3O3. The molecule has 5 N–H and O–H groups in total. The summed E-state index contributed by atoms with van der Waals surface area (Å²) in [5, 5.41) is 9.25. The number of hydrogen-bond acceptors (Lipinski definition) is 4. The smallest absolute Gasteiger partial charge is 0.337 e. The summed E-state index contributed by atoms with van der Waals surface area (Å²) in [6.07, 6.45) is 2.42. The second-order valence-corrected chi connectivity index (χ2v) is 4.66. The standard InChI is InChI=1S/C13H17N3O3/c14-9-5-3-4-8(13(18)19)11(9)16-7-2-1-6-10(16)12(15)17/h3-5,10H,1-2,6-7,14H2,(H2,15,17)(H,18,19). The molecule has 1 aliphatic heterocycles. The van der Waals surface area contributed by atoms with E-state index in [0.29, 0.717) is 24.3 Å². The molecule has 1 fully saturated rings. The predicted octanol–water partition coefficient (Wildman–Crippen LogP) is 0.811. The molecule has 0 aliphatic carbocycles. The number of anilines is 2. The van der Waals surface area contributed by atoms with E-state index in [0.717, 1.165) is 12.8 Å². The molecule has 6 nitrogen and oxygen atoms in total. The molecule has 1 unspecified atom stereocenters. The topological polar surface area (TPSA) is 110 Å². The van der Waals surface area contributed by atoms with Gasteiger partial charge in [-0.2, -0.15) is 0 Å². The summed E-state index contributed by atoms with van der Waals surface area (Å²) in [6.45, 7) is 0.585. The summed E-state index contributed by atoms with van der Waals surface area (Å²) in [4.78, 5) is 24.5. The van der Waals surface area contributed by atoms with Gasteiger partial charge in [0, 0.05) is 6.54 Å². The zero-order valence-electron chi connectivity index (χ0n) is 10.5. The van der Waals surface area contributed by atoms with Gasteiger partial charge in [0.15, 0.2) is 0 Å². The number of aromatic carboxylic acids is 1. The maximum atomic E-state index is 11.5. The molecule has 1 heterocycles. The molecule has 1 aromatic carbocycles. The summed E-state index contributed by atoms with van der Waals surface area (Å²) in [7, 11) is 0. The average molecular weight is 263 g/mol. The minimum atomic E-state index is -1.06. The van der Waals surface area contributed by atoms with E-state index in [1.54, 1.807) is 17.0 Å². The third kappa shape index (κ3) is 2.47. The van der Waals surface area contributed by atoms with Gasteiger partial charge in [0.2, 0.25) is 5.91 Å². The van der Waals surface area contributed by atoms with Crippen LogP contribution in [0.3, 0.4) is 0 Å². The number of carbonyl (C=O) groups is 2. The Hall–Kier alpha value is -2.24. The molecule has 0 saturated carbocycles. The van der Waals surface area contributed by atoms with Gasteiger partial charge in [0.25, 0.3) is 0 Å². The fourth-order valence-electron chi connectivity index (χ4n) is 2.55. The van der Waals surface area contributed by atoms with Crippen LogP contribution in [0.15, 0.2) is 18.2 Å². The molecule has 6 heteroatoms. The molecule has 0 aromatic heterocycles. The molecule has 1 aromatic rings. The lowest BCUT2D eigenvalue weighted by Crippen LogP contribution is -2.48. The minimum Gasteiger partial charge on any atom is -0.478 e. The van der Waals surface area contributed by atoms with E-state index in [2.05, 4.69) is 0 Å². The SMILES string of the molecule is NC(=O)C1CCCCN1c1c(N)cccc1C(=O)O. The van der Waals surface area contributed by atoms with Crippen molar-refractivity contribution < 1.29 is 14.7 Å². The third-order valence-corrected chi connectivity index (χ3v) is 3.42. The van der Waals surface area contributed by atoms with Crippen LogP contribution < -0.4 is 16.4 Å². The van der Waals surface area contributed by atoms with Crippen LogP contribution in [0.5, 0.6) is 0 Å². The van der Waals surface area contributed by atoms with Gasteiger partial charge < -0.3 is 21.5 Å². The number of hydrogen-bond donors (Lipinski definition) is 3. The second kappa shape index (κ2) is 5.17. The number of carbonyl (C=O) groups excluding carboxylic acids is 1. The number of rotatable bonds is 3. The first-order valence-corrected chi connectivity index (χ1v) is 6.20. The highest BCUT2D eigenvalue weighted by atomic mass is 16.4. The summed E-state index contributed by atoms with van der Waals surface area (Å²) in [5.41, 5.74) is 12.2. The quantitative estimate of drug-likeness (QED) is 0.699. The molecule has 2 rings (SSSR count). The van der Waals surface area contributed by atoms with Gasteiger partial charge in [-0.05, 0) is 31.4 Å². The third-order valence-electron chi connectivity index (χ3n) is 3.42. The molecular weight excluding hydrogens is 246 g/mol. The van der Waals surface area contributed by atoms with Crippen molar-refractivity contribution in [3.63, 3.8) is 0 Å². The van der Waals surface area contributed by atoms with E-state index in [-0.39, 0.29) is 5.56 Å². The van der Waals surface area contributed by atoms with Crippen LogP contribution in [0, 0.1) is 0 Å². The van der Waals surface area contributed by atoms with Gasteiger partial charge in [0.1, 0.15) is 6.04 Å². The molecule has 1 amide bonds. The number of amides is 1. The minimum absolute atomic E-state index is 0.105. The van der Waals surface area contributed by atoms with Crippen molar-refractivity contribution >= 4 is 23.3 Å². The average Bonchev–Trinajstić information content (AvgIpc) is 2.38. The molecule has 1 atom stereocenters. The normalized spacial score (nSPS) is 19.2. The first-order chi connectivity index (χ1) is 9.02. The van der Waals surface area contributed by atoms with Gasteiger partial charge in [-0.15, -0.1) is 0 Å². The highest BCUT2D eigenvalue weighted by Gasteiger charge is 2.30. The number of benzene rings is 1. The fourth-order valence-corrected chi connectivity index (χ4v) is 2.55. The van der Waals surface area contributed by atoms with Gasteiger partial charge in [-0.1, -0.05) is 6.07 Å². The van der Waals surface area contributed by atoms with E-state index < -0.39 is 17.9 Å². The maximum absolute atomic E-state index is 11.5. The van der Waals surface area contributed by atoms with Crippen LogP contribution in [0.25, 0.3) is 0 Å². The van der Waals surface area contributed by atoms with Crippen LogP contribution in [0.2, 0.25) is 0 Å². The number of piperidine rings is 1. The Morgan fingerprint density at radius 3 is 2.68 bits per heavy atom. The van der Waals surface area contributed by atoms with Crippen molar-refractivity contribution in [2.45, 2.75) is 25.3 Å². The molecule has 19 heavy (non-hydrogen) atoms. The predicted molar refractivity (Wildman–Crippen MR) is 72.0 cm³/mol. The first-order valence-electron chi connectivity index (χ1n) is 6.20. The van der Waals surface area contributed by atoms with Crippen molar-refractivity contribution in [2.75, 3.05) is 17.2 Å². The van der Waals surface area contributed by atoms with Gasteiger partial charge in [-0.3, -0.25) is 4.79 Å². The van der Waals surface area contributed by atoms with Crippen LogP contribution in [-0.4, -0.2) is 29.6 Å². The maximum Gasteiger partial charge on any atom is 0.337 e. The largest absolute Gasteiger partial charge is 0.478 e. The summed E-state index contributed by atoms with van der Waals surface area (Å²) in [5.74, 6) is -1.50. The Kier molecular flexibility index (Phi) is 3.59. The van der Waals surface area contributed by atoms with Crippen LogP contribution in [0.1, 0.15) is 29.6 Å². The number of nitrogens with two attached hydrogens (primary N) is 2. The highest BCUT2D eigenvalue weighted by Crippen LogP contribution is 2.33. The van der Waals surface area contributed by atoms with Crippen LogP contribution >= 0.6 is 0 Å². The molecule has 0 spiro atoms. The number of carboxylic acids is 1. The lowest BCUT2D eigenvalue weighted by atomic mass is 9.98. The Bertz CT molecular complexity index is 516. The number of carboxylic acid groups (broad SMARTS) is 1. The van der Waals surface area contributed by atoms with Crippen LogP contribution in [0.4, 0.5) is 11.4 Å². The van der Waals surface area contributed by atoms with E-state index in [1.807, 2.05) is 0 Å². The molecule has 102 valence electrons. The summed E-state index contributed by atoms with van der Waals surface area (Å²) < 4.78 is 0. The van der Waals surface area contributed by atoms with Gasteiger partial charge >= 0.3 is 5.97 Å². The second-order valence-electron chi connectivity index (χ2n) is 4.66. The summed E-state index contributed by atoms with van der Waals surface area (Å²) >= 11 is 0. The number of nitrogen functional groups attached to an aromatic ring is 1. The molecule has 0 bridgehead atoms. The number of primary amides is 1. The lowest BCUT2D eigenvalue weighted by molar-refractivity contribution is -0.119. The number of para-hydroxylation sites is 1. The zero-order valence-corrected chi connectivity index (χ0v) is 10.5. The Morgan fingerprint density at radius 2 is 2.05 bits per heavy atom. The molecule has 1 aliphatic rings. The van der Waals surface area contributed by atoms with Crippen molar-refractivity contribution in [3.05, 3.63) is 23.8 Å². The first kappa shape index (κ1) is 13.2. The van der Waals surface area contributed by atoms with E-state index in [1.165, 1.54) is 6.07 Å². The Morgan fingerprint density at radius 1 is 1.32 bits per heavy atom. The van der Waals surface area contributed by atoms with E-state index >= 15 is 0 Å². The monoisotopic (exact) mass is 263 g/mol. The van der Waals surface area contributed by atoms with Crippen LogP contribution in [-0.2, 0) is 4.79 Å². The van der Waals surface area contributed by atoms with Gasteiger partial charge in [0.05, 0.1) is 16.9 Å². The van der Waals surface area contributed by atoms with Crippen molar-refractivity contribution in [3.8, 4) is 0 Å². The van der Waals surface area contributed by atoms with E-state index in [9.17, 15) is 14.7 Å². The van der Waals surface area contributed by atoms with Crippen molar-refractivity contribution in [1.29, 1.82) is 0 Å². The Labute approximate surface area is 111 Å². The lowest BCUT2D eigenvalue weighted by Gasteiger charge is -2.36. The van der Waals surface area contributed by atoms with Gasteiger partial charge in [-0.25, -0.2) is 4.79 Å². The Balaban J connectivity index is 2.49. The van der Waals surface area contributed by atoms with E-state index in [4.69, 9.17) is 11.5 Å². The van der Waals surface area contributed by atoms with Crippen molar-refractivity contribution in [2.24, 2.45) is 5.73 Å². The fraction of sp³-hybridized carbons (Fsp3) is 0.385. The number of nitrogens with zero attached hydrogens (tertiary/aromatic N) is 1. The molecule has 1 saturated heterocycles.